The van der Waals surface area contributed by atoms with E-state index in [1.165, 1.54) is 19.3 Å². The van der Waals surface area contributed by atoms with E-state index in [0.29, 0.717) is 23.3 Å². The van der Waals surface area contributed by atoms with Crippen LogP contribution in [0.5, 0.6) is 0 Å². The third-order valence-corrected chi connectivity index (χ3v) is 4.50. The zero-order valence-electron chi connectivity index (χ0n) is 9.79. The Labute approximate surface area is 103 Å². The van der Waals surface area contributed by atoms with Gasteiger partial charge in [-0.05, 0) is 43.6 Å². The van der Waals surface area contributed by atoms with Crippen LogP contribution < -0.4 is 10.6 Å². The van der Waals surface area contributed by atoms with Gasteiger partial charge in [-0.3, -0.25) is 4.79 Å². The van der Waals surface area contributed by atoms with E-state index >= 15 is 0 Å². The zero-order chi connectivity index (χ0) is 10.5. The first kappa shape index (κ1) is 12.2. The summed E-state index contributed by atoms with van der Waals surface area (Å²) in [7, 11) is 0. The average molecular weight is 245 g/mol. The fourth-order valence-corrected chi connectivity index (χ4v) is 3.28. The predicted molar refractivity (Wildman–Crippen MR) is 65.6 cm³/mol. The number of carbonyl (C=O) groups is 1. The fourth-order valence-electron chi connectivity index (χ4n) is 3.28. The highest BCUT2D eigenvalue weighted by molar-refractivity contribution is 5.85. The Morgan fingerprint density at radius 1 is 1.44 bits per heavy atom. The molecule has 2 N–H and O–H groups in total. The van der Waals surface area contributed by atoms with Gasteiger partial charge in [0, 0.05) is 18.5 Å². The van der Waals surface area contributed by atoms with E-state index in [1.807, 2.05) is 0 Å². The van der Waals surface area contributed by atoms with Crippen LogP contribution in [0.15, 0.2) is 0 Å². The van der Waals surface area contributed by atoms with Crippen LogP contribution in [0.1, 0.15) is 32.6 Å². The summed E-state index contributed by atoms with van der Waals surface area (Å²) in [4.78, 5) is 11.9. The molecule has 0 aromatic heterocycles. The summed E-state index contributed by atoms with van der Waals surface area (Å²) in [5.74, 6) is 1.47. The predicted octanol–water partition coefficient (Wildman–Crippen LogP) is 1.32. The molecular weight excluding hydrogens is 224 g/mol. The summed E-state index contributed by atoms with van der Waals surface area (Å²) >= 11 is 0. The highest BCUT2D eigenvalue weighted by atomic mass is 35.5. The molecule has 1 aliphatic heterocycles. The largest absolute Gasteiger partial charge is 0.353 e. The summed E-state index contributed by atoms with van der Waals surface area (Å²) in [5, 5.41) is 6.56. The number of hydrogen-bond donors (Lipinski definition) is 2. The average Bonchev–Trinajstić information content (AvgIpc) is 2.62. The number of nitrogens with one attached hydrogen (secondary N) is 2. The normalized spacial score (nSPS) is 44.7. The summed E-state index contributed by atoms with van der Waals surface area (Å²) in [5.41, 5.74) is 0.361. The second kappa shape index (κ2) is 4.19. The molecule has 3 fully saturated rings. The van der Waals surface area contributed by atoms with Crippen molar-refractivity contribution in [1.82, 2.24) is 10.6 Å². The van der Waals surface area contributed by atoms with Gasteiger partial charge in [-0.25, -0.2) is 0 Å². The van der Waals surface area contributed by atoms with Gasteiger partial charge in [0.15, 0.2) is 0 Å². The molecule has 2 aliphatic carbocycles. The van der Waals surface area contributed by atoms with Crippen LogP contribution in [0, 0.1) is 17.3 Å². The molecule has 1 amide bonds. The van der Waals surface area contributed by atoms with Gasteiger partial charge in [0.1, 0.15) is 0 Å². The molecule has 1 saturated heterocycles. The van der Waals surface area contributed by atoms with Crippen molar-refractivity contribution in [3.8, 4) is 0 Å². The summed E-state index contributed by atoms with van der Waals surface area (Å²) in [6.07, 6.45) is 4.69. The quantitative estimate of drug-likeness (QED) is 0.770. The van der Waals surface area contributed by atoms with E-state index in [0.717, 1.165) is 25.4 Å². The lowest BCUT2D eigenvalue weighted by Crippen LogP contribution is -2.44. The van der Waals surface area contributed by atoms with Crippen molar-refractivity contribution < 1.29 is 4.79 Å². The summed E-state index contributed by atoms with van der Waals surface area (Å²) < 4.78 is 0. The SMILES string of the molecule is CC1CC(NC(=O)C2CC23CCNC3)C1.Cl. The van der Waals surface area contributed by atoms with Crippen LogP contribution in [-0.4, -0.2) is 25.0 Å². The lowest BCUT2D eigenvalue weighted by atomic mass is 9.82. The number of rotatable bonds is 2. The molecule has 2 unspecified atom stereocenters. The summed E-state index contributed by atoms with van der Waals surface area (Å²) in [6.45, 7) is 4.42. The Morgan fingerprint density at radius 2 is 2.19 bits per heavy atom. The molecule has 16 heavy (non-hydrogen) atoms. The van der Waals surface area contributed by atoms with Crippen LogP contribution in [-0.2, 0) is 4.79 Å². The Morgan fingerprint density at radius 3 is 2.75 bits per heavy atom. The fraction of sp³-hybridized carbons (Fsp3) is 0.917. The molecule has 3 nitrogen and oxygen atoms in total. The second-order valence-electron chi connectivity index (χ2n) is 5.83. The van der Waals surface area contributed by atoms with Crippen LogP contribution in [0.4, 0.5) is 0 Å². The van der Waals surface area contributed by atoms with Gasteiger partial charge in [-0.15, -0.1) is 12.4 Å². The van der Waals surface area contributed by atoms with Crippen LogP contribution in [0.25, 0.3) is 0 Å². The monoisotopic (exact) mass is 244 g/mol. The van der Waals surface area contributed by atoms with Crippen LogP contribution >= 0.6 is 12.4 Å². The lowest BCUT2D eigenvalue weighted by molar-refractivity contribution is -0.124. The Kier molecular flexibility index (Phi) is 3.19. The van der Waals surface area contributed by atoms with E-state index in [1.54, 1.807) is 0 Å². The highest BCUT2D eigenvalue weighted by Crippen LogP contribution is 2.56. The van der Waals surface area contributed by atoms with E-state index in [-0.39, 0.29) is 12.4 Å². The molecule has 4 heteroatoms. The maximum atomic E-state index is 11.9. The molecular formula is C12H21ClN2O. The minimum Gasteiger partial charge on any atom is -0.353 e. The molecule has 2 atom stereocenters. The van der Waals surface area contributed by atoms with Gasteiger partial charge >= 0.3 is 0 Å². The lowest BCUT2D eigenvalue weighted by Gasteiger charge is -2.33. The highest BCUT2D eigenvalue weighted by Gasteiger charge is 2.59. The molecule has 92 valence electrons. The molecule has 1 heterocycles. The Balaban J connectivity index is 0.000000963. The number of carbonyl (C=O) groups excluding carboxylic acids is 1. The third kappa shape index (κ3) is 1.95. The van der Waals surface area contributed by atoms with Crippen molar-refractivity contribution in [2.75, 3.05) is 13.1 Å². The van der Waals surface area contributed by atoms with Crippen LogP contribution in [0.2, 0.25) is 0 Å². The maximum absolute atomic E-state index is 11.9. The molecule has 0 radical (unpaired) electrons. The molecule has 3 rings (SSSR count). The first-order chi connectivity index (χ1) is 7.20. The molecule has 2 saturated carbocycles. The molecule has 0 aromatic carbocycles. The van der Waals surface area contributed by atoms with Gasteiger partial charge in [-0.1, -0.05) is 6.92 Å². The molecule has 0 aromatic rings. The van der Waals surface area contributed by atoms with Gasteiger partial charge in [-0.2, -0.15) is 0 Å². The first-order valence-corrected chi connectivity index (χ1v) is 6.21. The minimum atomic E-state index is 0. The zero-order valence-corrected chi connectivity index (χ0v) is 10.6. The van der Waals surface area contributed by atoms with Crippen molar-refractivity contribution in [3.63, 3.8) is 0 Å². The Bertz CT molecular complexity index is 283. The van der Waals surface area contributed by atoms with Gasteiger partial charge < -0.3 is 10.6 Å². The Hall–Kier alpha value is -0.280. The van der Waals surface area contributed by atoms with Crippen molar-refractivity contribution in [2.24, 2.45) is 17.3 Å². The number of halogens is 1. The van der Waals surface area contributed by atoms with Crippen molar-refractivity contribution in [1.29, 1.82) is 0 Å². The molecule has 3 aliphatic rings. The molecule has 1 spiro atoms. The van der Waals surface area contributed by atoms with E-state index in [9.17, 15) is 4.79 Å². The smallest absolute Gasteiger partial charge is 0.223 e. The van der Waals surface area contributed by atoms with Gasteiger partial charge in [0.2, 0.25) is 5.91 Å². The second-order valence-corrected chi connectivity index (χ2v) is 5.83. The van der Waals surface area contributed by atoms with Crippen molar-refractivity contribution >= 4 is 18.3 Å². The number of amides is 1. The maximum Gasteiger partial charge on any atom is 0.223 e. The molecule has 0 bridgehead atoms. The van der Waals surface area contributed by atoms with Crippen molar-refractivity contribution in [2.45, 2.75) is 38.6 Å². The van der Waals surface area contributed by atoms with Crippen molar-refractivity contribution in [3.05, 3.63) is 0 Å². The van der Waals surface area contributed by atoms with Crippen LogP contribution in [0.3, 0.4) is 0 Å². The van der Waals surface area contributed by atoms with Gasteiger partial charge in [0.05, 0.1) is 0 Å². The first-order valence-electron chi connectivity index (χ1n) is 6.21. The summed E-state index contributed by atoms with van der Waals surface area (Å²) in [6, 6.07) is 0.486. The minimum absolute atomic E-state index is 0. The van der Waals surface area contributed by atoms with Gasteiger partial charge in [0.25, 0.3) is 0 Å². The number of hydrogen-bond acceptors (Lipinski definition) is 2. The topological polar surface area (TPSA) is 41.1 Å². The standard InChI is InChI=1S/C12H20N2O.ClH/c1-8-4-9(5-8)14-11(15)10-6-12(10)2-3-13-7-12;/h8-10,13H,2-7H2,1H3,(H,14,15);1H. The van der Waals surface area contributed by atoms with E-state index in [4.69, 9.17) is 0 Å². The third-order valence-electron chi connectivity index (χ3n) is 4.50. The van der Waals surface area contributed by atoms with E-state index in [2.05, 4.69) is 17.6 Å². The van der Waals surface area contributed by atoms with E-state index < -0.39 is 0 Å².